The van der Waals surface area contributed by atoms with Crippen molar-refractivity contribution >= 4 is 21.6 Å². The van der Waals surface area contributed by atoms with Gasteiger partial charge in [0.2, 0.25) is 9.84 Å². The van der Waals surface area contributed by atoms with E-state index in [0.717, 1.165) is 25.7 Å². The zero-order valence-electron chi connectivity index (χ0n) is 12.6. The second-order valence-corrected chi connectivity index (χ2v) is 7.97. The molecule has 0 heterocycles. The first-order chi connectivity index (χ1) is 10.6. The van der Waals surface area contributed by atoms with E-state index < -0.39 is 9.84 Å². The van der Waals surface area contributed by atoms with E-state index in [1.54, 1.807) is 24.5 Å². The molecule has 1 aliphatic rings. The van der Waals surface area contributed by atoms with Crippen molar-refractivity contribution in [3.05, 3.63) is 40.3 Å². The van der Waals surface area contributed by atoms with Crippen LogP contribution >= 0.6 is 11.8 Å². The van der Waals surface area contributed by atoms with Crippen molar-refractivity contribution in [3.63, 3.8) is 0 Å². The molecule has 0 aromatic heterocycles. The highest BCUT2D eigenvalue weighted by Crippen LogP contribution is 2.27. The second-order valence-electron chi connectivity index (χ2n) is 5.27. The number of nitrogens with zero attached hydrogens (tertiary/aromatic N) is 1. The van der Waals surface area contributed by atoms with Gasteiger partial charge in [-0.25, -0.2) is 8.42 Å². The monoisotopic (exact) mass is 336 g/mol. The first kappa shape index (κ1) is 16.9. The number of allylic oxidation sites excluding steroid dienone is 1. The number of nitriles is 1. The lowest BCUT2D eigenvalue weighted by molar-refractivity contribution is 0.402. The largest absolute Gasteiger partial charge is 0.375 e. The Balaban J connectivity index is 2.35. The van der Waals surface area contributed by atoms with Crippen LogP contribution in [0, 0.1) is 11.3 Å². The summed E-state index contributed by atoms with van der Waals surface area (Å²) in [5.41, 5.74) is 0. The minimum absolute atomic E-state index is 0.156. The molecule has 6 heteroatoms. The van der Waals surface area contributed by atoms with Gasteiger partial charge < -0.3 is 5.32 Å². The molecule has 0 radical (unpaired) electrons. The molecule has 4 nitrogen and oxygen atoms in total. The van der Waals surface area contributed by atoms with Crippen molar-refractivity contribution in [1.82, 2.24) is 5.32 Å². The molecule has 118 valence electrons. The summed E-state index contributed by atoms with van der Waals surface area (Å²) >= 11 is 1.28. The van der Waals surface area contributed by atoms with Gasteiger partial charge in [-0.3, -0.25) is 0 Å². The van der Waals surface area contributed by atoms with Crippen LogP contribution in [-0.2, 0) is 9.84 Å². The van der Waals surface area contributed by atoms with Gasteiger partial charge in [0.05, 0.1) is 9.92 Å². The van der Waals surface area contributed by atoms with Gasteiger partial charge in [-0.05, 0) is 31.2 Å². The molecule has 0 spiro atoms. The molecular formula is C16H20N2O2S2. The predicted molar refractivity (Wildman–Crippen MR) is 89.8 cm³/mol. The Hall–Kier alpha value is -1.45. The molecular weight excluding hydrogens is 316 g/mol. The topological polar surface area (TPSA) is 70.0 Å². The Kier molecular flexibility index (Phi) is 5.92. The van der Waals surface area contributed by atoms with Crippen LogP contribution in [0.25, 0.3) is 0 Å². The number of nitrogens with one attached hydrogen (secondary N) is 1. The number of benzene rings is 1. The molecule has 0 bridgehead atoms. The standard InChI is InChI=1S/C16H20N2O2S2/c1-21-16(18-13-8-4-2-5-9-13)15(12-17)22(19,20)14-10-6-3-7-11-14/h3,6-7,10-11,13,18H,2,4-5,8-9H2,1H3. The molecule has 1 aliphatic carbocycles. The maximum absolute atomic E-state index is 12.7. The number of thioether (sulfide) groups is 1. The third-order valence-electron chi connectivity index (χ3n) is 3.77. The SMILES string of the molecule is CSC(NC1CCCCC1)=C(C#N)S(=O)(=O)c1ccccc1. The van der Waals surface area contributed by atoms with E-state index in [9.17, 15) is 13.7 Å². The van der Waals surface area contributed by atoms with Gasteiger partial charge in [-0.1, -0.05) is 37.5 Å². The molecule has 0 amide bonds. The van der Waals surface area contributed by atoms with Crippen LogP contribution in [0.4, 0.5) is 0 Å². The maximum atomic E-state index is 12.7. The first-order valence-electron chi connectivity index (χ1n) is 7.34. The van der Waals surface area contributed by atoms with E-state index in [0.29, 0.717) is 5.03 Å². The highest BCUT2D eigenvalue weighted by Gasteiger charge is 2.26. The van der Waals surface area contributed by atoms with Crippen LogP contribution in [0.3, 0.4) is 0 Å². The van der Waals surface area contributed by atoms with E-state index >= 15 is 0 Å². The highest BCUT2D eigenvalue weighted by molar-refractivity contribution is 8.04. The van der Waals surface area contributed by atoms with Crippen LogP contribution in [0.15, 0.2) is 45.2 Å². The lowest BCUT2D eigenvalue weighted by Crippen LogP contribution is -2.30. The average molecular weight is 336 g/mol. The summed E-state index contributed by atoms with van der Waals surface area (Å²) in [6.07, 6.45) is 7.36. The number of rotatable bonds is 5. The summed E-state index contributed by atoms with van der Waals surface area (Å²) in [6, 6.07) is 10.3. The van der Waals surface area contributed by atoms with Gasteiger partial charge >= 0.3 is 0 Å². The molecule has 1 saturated carbocycles. The fourth-order valence-electron chi connectivity index (χ4n) is 2.60. The van der Waals surface area contributed by atoms with Crippen LogP contribution in [0.2, 0.25) is 0 Å². The smallest absolute Gasteiger partial charge is 0.219 e. The van der Waals surface area contributed by atoms with Crippen LogP contribution < -0.4 is 5.32 Å². The molecule has 1 aromatic carbocycles. The summed E-state index contributed by atoms with van der Waals surface area (Å²) in [5, 5.41) is 13.1. The van der Waals surface area contributed by atoms with Crippen LogP contribution in [0.5, 0.6) is 0 Å². The quantitative estimate of drug-likeness (QED) is 0.834. The molecule has 22 heavy (non-hydrogen) atoms. The fraction of sp³-hybridized carbons (Fsp3) is 0.438. The van der Waals surface area contributed by atoms with Gasteiger partial charge in [-0.15, -0.1) is 11.8 Å². The van der Waals surface area contributed by atoms with Crippen molar-refractivity contribution in [2.75, 3.05) is 6.26 Å². The van der Waals surface area contributed by atoms with Gasteiger partial charge in [-0.2, -0.15) is 5.26 Å². The molecule has 0 saturated heterocycles. The van der Waals surface area contributed by atoms with Gasteiger partial charge in [0.1, 0.15) is 6.07 Å². The Morgan fingerprint density at radius 1 is 1.23 bits per heavy atom. The second kappa shape index (κ2) is 7.70. The first-order valence-corrected chi connectivity index (χ1v) is 10.1. The summed E-state index contributed by atoms with van der Waals surface area (Å²) in [4.78, 5) is -0.0275. The maximum Gasteiger partial charge on any atom is 0.219 e. The summed E-state index contributed by atoms with van der Waals surface area (Å²) < 4.78 is 25.3. The summed E-state index contributed by atoms with van der Waals surface area (Å²) in [7, 11) is -3.78. The molecule has 1 fully saturated rings. The lowest BCUT2D eigenvalue weighted by atomic mass is 9.96. The number of hydrogen-bond acceptors (Lipinski definition) is 5. The van der Waals surface area contributed by atoms with Gasteiger partial charge in [0.25, 0.3) is 0 Å². The predicted octanol–water partition coefficient (Wildman–Crippen LogP) is 3.44. The highest BCUT2D eigenvalue weighted by atomic mass is 32.2. The Labute approximate surface area is 136 Å². The molecule has 0 unspecified atom stereocenters. The molecule has 0 atom stereocenters. The molecule has 1 N–H and O–H groups in total. The Morgan fingerprint density at radius 2 is 1.86 bits per heavy atom. The van der Waals surface area contributed by atoms with E-state index in [2.05, 4.69) is 5.32 Å². The zero-order valence-corrected chi connectivity index (χ0v) is 14.2. The number of hydrogen-bond donors (Lipinski definition) is 1. The Morgan fingerprint density at radius 3 is 2.41 bits per heavy atom. The third kappa shape index (κ3) is 3.84. The minimum Gasteiger partial charge on any atom is -0.375 e. The van der Waals surface area contributed by atoms with E-state index in [1.807, 2.05) is 6.07 Å². The molecule has 1 aromatic rings. The van der Waals surface area contributed by atoms with Gasteiger partial charge in [0.15, 0.2) is 4.91 Å². The van der Waals surface area contributed by atoms with Crippen LogP contribution in [0.1, 0.15) is 32.1 Å². The lowest BCUT2D eigenvalue weighted by Gasteiger charge is -2.25. The number of sulfone groups is 1. The van der Waals surface area contributed by atoms with E-state index in [1.165, 1.54) is 30.3 Å². The van der Waals surface area contributed by atoms with E-state index in [-0.39, 0.29) is 15.8 Å². The van der Waals surface area contributed by atoms with Crippen molar-refractivity contribution in [2.24, 2.45) is 0 Å². The van der Waals surface area contributed by atoms with E-state index in [4.69, 9.17) is 0 Å². The zero-order chi connectivity index (χ0) is 16.0. The van der Waals surface area contributed by atoms with Crippen LogP contribution in [-0.4, -0.2) is 20.7 Å². The normalized spacial score (nSPS) is 17.5. The van der Waals surface area contributed by atoms with Crippen molar-refractivity contribution in [2.45, 2.75) is 43.0 Å². The Bertz CT molecular complexity index is 670. The minimum atomic E-state index is -3.78. The van der Waals surface area contributed by atoms with Crippen molar-refractivity contribution in [1.29, 1.82) is 5.26 Å². The average Bonchev–Trinajstić information content (AvgIpc) is 2.56. The summed E-state index contributed by atoms with van der Waals surface area (Å²) in [5.74, 6) is 0. The van der Waals surface area contributed by atoms with Crippen molar-refractivity contribution < 1.29 is 8.42 Å². The fourth-order valence-corrected chi connectivity index (χ4v) is 4.87. The van der Waals surface area contributed by atoms with Crippen molar-refractivity contribution in [3.8, 4) is 6.07 Å². The third-order valence-corrected chi connectivity index (χ3v) is 6.36. The van der Waals surface area contributed by atoms with Gasteiger partial charge in [0, 0.05) is 6.04 Å². The summed E-state index contributed by atoms with van der Waals surface area (Å²) in [6.45, 7) is 0. The molecule has 2 rings (SSSR count). The molecule has 0 aliphatic heterocycles.